The van der Waals surface area contributed by atoms with E-state index in [1.807, 2.05) is 6.08 Å². The van der Waals surface area contributed by atoms with Crippen LogP contribution in [0.2, 0.25) is 0 Å². The molecule has 1 rings (SSSR count). The summed E-state index contributed by atoms with van der Waals surface area (Å²) in [5.41, 5.74) is 0. The molecule has 0 aliphatic carbocycles. The Kier molecular flexibility index (Phi) is 5.09. The van der Waals surface area contributed by atoms with Crippen molar-refractivity contribution in [2.45, 2.75) is 19.3 Å². The molecule has 1 aliphatic heterocycles. The van der Waals surface area contributed by atoms with E-state index in [2.05, 4.69) is 23.8 Å². The number of hydrogen-bond acceptors (Lipinski definition) is 2. The summed E-state index contributed by atoms with van der Waals surface area (Å²) >= 11 is 0. The summed E-state index contributed by atoms with van der Waals surface area (Å²) in [5, 5.41) is 3.40. The van der Waals surface area contributed by atoms with Crippen molar-refractivity contribution in [2.24, 2.45) is 5.92 Å². The first-order valence-electron chi connectivity index (χ1n) is 5.33. The zero-order valence-corrected chi connectivity index (χ0v) is 8.76. The van der Waals surface area contributed by atoms with Gasteiger partial charge in [-0.15, -0.1) is 6.58 Å². The third kappa shape index (κ3) is 4.44. The van der Waals surface area contributed by atoms with Gasteiger partial charge in [-0.05, 0) is 45.3 Å². The molecule has 13 heavy (non-hydrogen) atoms. The quantitative estimate of drug-likeness (QED) is 0.648. The van der Waals surface area contributed by atoms with Crippen LogP contribution in [-0.4, -0.2) is 38.1 Å². The fourth-order valence-corrected chi connectivity index (χ4v) is 1.91. The van der Waals surface area contributed by atoms with Crippen LogP contribution >= 0.6 is 0 Å². The molecule has 0 radical (unpaired) electrons. The van der Waals surface area contributed by atoms with Crippen LogP contribution in [0.1, 0.15) is 19.3 Å². The van der Waals surface area contributed by atoms with Gasteiger partial charge in [0.05, 0.1) is 0 Å². The van der Waals surface area contributed by atoms with Crippen molar-refractivity contribution in [3.63, 3.8) is 0 Å². The second-order valence-electron chi connectivity index (χ2n) is 4.03. The average Bonchev–Trinajstić information content (AvgIpc) is 2.16. The number of hydrogen-bond donors (Lipinski definition) is 1. The lowest BCUT2D eigenvalue weighted by atomic mass is 9.98. The van der Waals surface area contributed by atoms with Crippen molar-refractivity contribution in [3.8, 4) is 0 Å². The number of piperidine rings is 1. The van der Waals surface area contributed by atoms with E-state index >= 15 is 0 Å². The van der Waals surface area contributed by atoms with Crippen molar-refractivity contribution in [1.29, 1.82) is 0 Å². The summed E-state index contributed by atoms with van der Waals surface area (Å²) in [4.78, 5) is 2.43. The first-order chi connectivity index (χ1) is 6.33. The molecule has 0 aromatic carbocycles. The number of rotatable bonds is 5. The highest BCUT2D eigenvalue weighted by Crippen LogP contribution is 2.12. The topological polar surface area (TPSA) is 15.3 Å². The molecular weight excluding hydrogens is 160 g/mol. The van der Waals surface area contributed by atoms with Gasteiger partial charge in [0, 0.05) is 13.1 Å². The molecule has 0 bridgehead atoms. The molecular formula is C11H22N2. The van der Waals surface area contributed by atoms with Crippen LogP contribution in [0.15, 0.2) is 12.7 Å². The Morgan fingerprint density at radius 2 is 2.15 bits per heavy atom. The molecule has 0 saturated carbocycles. The molecule has 0 unspecified atom stereocenters. The lowest BCUT2D eigenvalue weighted by Gasteiger charge is -2.27. The first-order valence-corrected chi connectivity index (χ1v) is 5.33. The minimum absolute atomic E-state index is 0.913. The summed E-state index contributed by atoms with van der Waals surface area (Å²) < 4.78 is 0. The molecule has 1 fully saturated rings. The Bertz CT molecular complexity index is 139. The monoisotopic (exact) mass is 182 g/mol. The van der Waals surface area contributed by atoms with Crippen LogP contribution in [0.25, 0.3) is 0 Å². The van der Waals surface area contributed by atoms with Gasteiger partial charge in [0.2, 0.25) is 0 Å². The highest BCUT2D eigenvalue weighted by atomic mass is 15.1. The Labute approximate surface area is 82.0 Å². The predicted octanol–water partition coefficient (Wildman–Crippen LogP) is 1.49. The zero-order chi connectivity index (χ0) is 9.52. The van der Waals surface area contributed by atoms with Crippen LogP contribution in [0.3, 0.4) is 0 Å². The van der Waals surface area contributed by atoms with Crippen LogP contribution in [0.4, 0.5) is 0 Å². The summed E-state index contributed by atoms with van der Waals surface area (Å²) in [5.74, 6) is 0.913. The molecule has 0 atom stereocenters. The van der Waals surface area contributed by atoms with Crippen molar-refractivity contribution >= 4 is 0 Å². The molecule has 0 aromatic heterocycles. The van der Waals surface area contributed by atoms with Gasteiger partial charge in [0.15, 0.2) is 0 Å². The average molecular weight is 182 g/mol. The van der Waals surface area contributed by atoms with E-state index in [0.29, 0.717) is 0 Å². The van der Waals surface area contributed by atoms with Crippen molar-refractivity contribution < 1.29 is 0 Å². The second kappa shape index (κ2) is 6.17. The van der Waals surface area contributed by atoms with E-state index in [9.17, 15) is 0 Å². The minimum atomic E-state index is 0.913. The molecule has 0 amide bonds. The second-order valence-corrected chi connectivity index (χ2v) is 4.03. The van der Waals surface area contributed by atoms with Crippen LogP contribution < -0.4 is 5.32 Å². The van der Waals surface area contributed by atoms with Crippen molar-refractivity contribution in [2.75, 3.05) is 33.2 Å². The molecule has 1 N–H and O–H groups in total. The Morgan fingerprint density at radius 1 is 1.46 bits per heavy atom. The molecule has 76 valence electrons. The highest BCUT2D eigenvalue weighted by Gasteiger charge is 2.14. The maximum atomic E-state index is 3.74. The fourth-order valence-electron chi connectivity index (χ4n) is 1.91. The first kappa shape index (κ1) is 10.7. The fraction of sp³-hybridized carbons (Fsp3) is 0.818. The van der Waals surface area contributed by atoms with Crippen LogP contribution in [0, 0.1) is 5.92 Å². The SMILES string of the molecule is C=CCCN(C)CC1CCNCC1. The molecule has 1 saturated heterocycles. The van der Waals surface area contributed by atoms with Gasteiger partial charge in [-0.3, -0.25) is 0 Å². The summed E-state index contributed by atoms with van der Waals surface area (Å²) in [7, 11) is 2.21. The Morgan fingerprint density at radius 3 is 2.77 bits per heavy atom. The third-order valence-corrected chi connectivity index (χ3v) is 2.74. The van der Waals surface area contributed by atoms with Crippen LogP contribution in [0.5, 0.6) is 0 Å². The van der Waals surface area contributed by atoms with E-state index in [-0.39, 0.29) is 0 Å². The van der Waals surface area contributed by atoms with Gasteiger partial charge in [-0.2, -0.15) is 0 Å². The smallest absolute Gasteiger partial charge is 0.00129 e. The van der Waals surface area contributed by atoms with Gasteiger partial charge < -0.3 is 10.2 Å². The van der Waals surface area contributed by atoms with E-state index in [0.717, 1.165) is 18.9 Å². The summed E-state index contributed by atoms with van der Waals surface area (Å²) in [6.07, 6.45) is 5.80. The molecule has 2 heteroatoms. The van der Waals surface area contributed by atoms with Gasteiger partial charge in [0.25, 0.3) is 0 Å². The van der Waals surface area contributed by atoms with Gasteiger partial charge in [-0.1, -0.05) is 6.08 Å². The number of nitrogens with one attached hydrogen (secondary N) is 1. The Hall–Kier alpha value is -0.340. The van der Waals surface area contributed by atoms with Gasteiger partial charge in [0.1, 0.15) is 0 Å². The maximum Gasteiger partial charge on any atom is 0.00129 e. The highest BCUT2D eigenvalue weighted by molar-refractivity contribution is 4.73. The van der Waals surface area contributed by atoms with E-state index in [1.165, 1.54) is 32.5 Å². The standard InChI is InChI=1S/C11H22N2/c1-3-4-9-13(2)10-11-5-7-12-8-6-11/h3,11-12H,1,4-10H2,2H3. The zero-order valence-electron chi connectivity index (χ0n) is 8.76. The lowest BCUT2D eigenvalue weighted by Crippen LogP contribution is -2.34. The predicted molar refractivity (Wildman–Crippen MR) is 57.9 cm³/mol. The molecule has 2 nitrogen and oxygen atoms in total. The van der Waals surface area contributed by atoms with E-state index < -0.39 is 0 Å². The summed E-state index contributed by atoms with van der Waals surface area (Å²) in [6, 6.07) is 0. The molecule has 1 heterocycles. The number of nitrogens with zero attached hydrogens (tertiary/aromatic N) is 1. The normalized spacial score (nSPS) is 19.2. The van der Waals surface area contributed by atoms with Crippen LogP contribution in [-0.2, 0) is 0 Å². The molecule has 0 aromatic rings. The minimum Gasteiger partial charge on any atom is -0.317 e. The molecule has 0 spiro atoms. The third-order valence-electron chi connectivity index (χ3n) is 2.74. The van der Waals surface area contributed by atoms with E-state index in [4.69, 9.17) is 0 Å². The van der Waals surface area contributed by atoms with Crippen molar-refractivity contribution in [1.82, 2.24) is 10.2 Å². The maximum absolute atomic E-state index is 3.74. The summed E-state index contributed by atoms with van der Waals surface area (Å²) in [6.45, 7) is 8.58. The van der Waals surface area contributed by atoms with E-state index in [1.54, 1.807) is 0 Å². The largest absolute Gasteiger partial charge is 0.317 e. The van der Waals surface area contributed by atoms with Gasteiger partial charge >= 0.3 is 0 Å². The van der Waals surface area contributed by atoms with Gasteiger partial charge in [-0.25, -0.2) is 0 Å². The molecule has 1 aliphatic rings. The van der Waals surface area contributed by atoms with Crippen molar-refractivity contribution in [3.05, 3.63) is 12.7 Å². The Balaban J connectivity index is 2.10. The lowest BCUT2D eigenvalue weighted by molar-refractivity contribution is 0.243.